The summed E-state index contributed by atoms with van der Waals surface area (Å²) in [5.74, 6) is 0.805. The second kappa shape index (κ2) is 5.60. The number of nitrogens with two attached hydrogens (primary N) is 1. The highest BCUT2D eigenvalue weighted by molar-refractivity contribution is 7.99. The largest absolute Gasteiger partial charge is 0.368 e. The van der Waals surface area contributed by atoms with Gasteiger partial charge in [0.25, 0.3) is 0 Å². The normalized spacial score (nSPS) is 24.2. The number of carbonyl (C=O) groups is 1. The Kier molecular flexibility index (Phi) is 4.11. The molecule has 0 unspecified atom stereocenters. The van der Waals surface area contributed by atoms with Crippen molar-refractivity contribution in [2.24, 2.45) is 0 Å². The number of hydrogen-bond donors (Lipinski definition) is 2. The molecule has 0 aromatic carbocycles. The number of aromatic amines is 1. The number of rotatable bonds is 3. The Balaban J connectivity index is 1.90. The maximum atomic E-state index is 12.2. The van der Waals surface area contributed by atoms with Gasteiger partial charge in [0, 0.05) is 12.1 Å². The van der Waals surface area contributed by atoms with Gasteiger partial charge in [-0.1, -0.05) is 11.8 Å². The van der Waals surface area contributed by atoms with Crippen LogP contribution in [-0.2, 0) is 4.79 Å². The molecule has 7 heteroatoms. The van der Waals surface area contributed by atoms with Gasteiger partial charge in [-0.15, -0.1) is 5.10 Å². The van der Waals surface area contributed by atoms with Crippen molar-refractivity contribution in [3.8, 4) is 0 Å². The Hall–Kier alpha value is -1.24. The van der Waals surface area contributed by atoms with Crippen molar-refractivity contribution in [2.45, 2.75) is 50.4 Å². The molecular weight excluding hydrogens is 250 g/mol. The van der Waals surface area contributed by atoms with Crippen LogP contribution in [0.5, 0.6) is 0 Å². The van der Waals surface area contributed by atoms with Crippen LogP contribution in [0.15, 0.2) is 5.16 Å². The van der Waals surface area contributed by atoms with Crippen molar-refractivity contribution >= 4 is 23.6 Å². The van der Waals surface area contributed by atoms with Gasteiger partial charge in [-0.25, -0.2) is 5.10 Å². The zero-order chi connectivity index (χ0) is 13.1. The topological polar surface area (TPSA) is 87.9 Å². The predicted molar refractivity (Wildman–Crippen MR) is 71.1 cm³/mol. The molecule has 2 rings (SSSR count). The zero-order valence-corrected chi connectivity index (χ0v) is 11.5. The molecule has 18 heavy (non-hydrogen) atoms. The lowest BCUT2D eigenvalue weighted by Gasteiger charge is -2.39. The van der Waals surface area contributed by atoms with Crippen LogP contribution in [0, 0.1) is 0 Å². The molecule has 2 heterocycles. The lowest BCUT2D eigenvalue weighted by molar-refractivity contribution is -0.134. The van der Waals surface area contributed by atoms with Crippen LogP contribution in [0.1, 0.15) is 33.1 Å². The minimum absolute atomic E-state index is 0.156. The molecular formula is C11H19N5OS. The number of nitrogens with zero attached hydrogens (tertiary/aromatic N) is 3. The number of piperidine rings is 1. The summed E-state index contributed by atoms with van der Waals surface area (Å²) in [5, 5.41) is 6.99. The van der Waals surface area contributed by atoms with E-state index in [1.165, 1.54) is 18.2 Å². The van der Waals surface area contributed by atoms with Crippen LogP contribution in [0.2, 0.25) is 0 Å². The number of hydrogen-bond acceptors (Lipinski definition) is 5. The van der Waals surface area contributed by atoms with Gasteiger partial charge in [0.1, 0.15) is 0 Å². The summed E-state index contributed by atoms with van der Waals surface area (Å²) in [6, 6.07) is 0.665. The van der Waals surface area contributed by atoms with Crippen LogP contribution in [0.25, 0.3) is 0 Å². The number of likely N-dealkylation sites (tertiary alicyclic amines) is 1. The summed E-state index contributed by atoms with van der Waals surface area (Å²) < 4.78 is 0. The lowest BCUT2D eigenvalue weighted by atomic mass is 9.98. The number of thioether (sulfide) groups is 1. The molecule has 100 valence electrons. The maximum absolute atomic E-state index is 12.2. The van der Waals surface area contributed by atoms with E-state index >= 15 is 0 Å². The van der Waals surface area contributed by atoms with Crippen LogP contribution in [-0.4, -0.2) is 43.8 Å². The van der Waals surface area contributed by atoms with Crippen molar-refractivity contribution in [3.63, 3.8) is 0 Å². The summed E-state index contributed by atoms with van der Waals surface area (Å²) in [6.45, 7) is 4.23. The first-order chi connectivity index (χ1) is 8.58. The first kappa shape index (κ1) is 13.2. The average Bonchev–Trinajstić information content (AvgIpc) is 2.72. The highest BCUT2D eigenvalue weighted by Gasteiger charge is 2.28. The van der Waals surface area contributed by atoms with Gasteiger partial charge in [-0.05, 0) is 33.1 Å². The van der Waals surface area contributed by atoms with Gasteiger partial charge in [0.15, 0.2) is 0 Å². The fourth-order valence-electron chi connectivity index (χ4n) is 2.44. The summed E-state index contributed by atoms with van der Waals surface area (Å²) in [4.78, 5) is 18.2. The predicted octanol–water partition coefficient (Wildman–Crippen LogP) is 1.27. The second-order valence-electron chi connectivity index (χ2n) is 4.72. The fraction of sp³-hybridized carbons (Fsp3) is 0.727. The van der Waals surface area contributed by atoms with E-state index in [2.05, 4.69) is 29.0 Å². The van der Waals surface area contributed by atoms with E-state index < -0.39 is 0 Å². The summed E-state index contributed by atoms with van der Waals surface area (Å²) in [6.07, 6.45) is 3.39. The van der Waals surface area contributed by atoms with Gasteiger partial charge in [0.2, 0.25) is 17.0 Å². The number of amides is 1. The van der Waals surface area contributed by atoms with E-state index in [-0.39, 0.29) is 11.9 Å². The molecule has 1 aromatic rings. The van der Waals surface area contributed by atoms with Gasteiger partial charge >= 0.3 is 0 Å². The van der Waals surface area contributed by atoms with E-state index in [0.717, 1.165) is 12.8 Å². The first-order valence-electron chi connectivity index (χ1n) is 6.19. The van der Waals surface area contributed by atoms with E-state index in [4.69, 9.17) is 5.73 Å². The van der Waals surface area contributed by atoms with E-state index in [0.29, 0.717) is 23.0 Å². The Morgan fingerprint density at radius 1 is 1.50 bits per heavy atom. The number of anilines is 1. The molecule has 0 aliphatic carbocycles. The van der Waals surface area contributed by atoms with Gasteiger partial charge in [0.05, 0.1) is 5.75 Å². The van der Waals surface area contributed by atoms with E-state index in [9.17, 15) is 4.79 Å². The van der Waals surface area contributed by atoms with Crippen LogP contribution >= 0.6 is 11.8 Å². The first-order valence-corrected chi connectivity index (χ1v) is 7.18. The summed E-state index contributed by atoms with van der Waals surface area (Å²) >= 11 is 1.32. The van der Waals surface area contributed by atoms with Crippen molar-refractivity contribution in [3.05, 3.63) is 0 Å². The van der Waals surface area contributed by atoms with Crippen LogP contribution in [0.4, 0.5) is 5.95 Å². The van der Waals surface area contributed by atoms with Crippen molar-refractivity contribution in [2.75, 3.05) is 11.5 Å². The van der Waals surface area contributed by atoms with E-state index in [1.807, 2.05) is 4.90 Å². The molecule has 1 amide bonds. The third kappa shape index (κ3) is 2.95. The smallest absolute Gasteiger partial charge is 0.233 e. The monoisotopic (exact) mass is 269 g/mol. The number of carbonyl (C=O) groups excluding carboxylic acids is 1. The molecule has 0 saturated carbocycles. The minimum Gasteiger partial charge on any atom is -0.368 e. The Morgan fingerprint density at radius 2 is 2.17 bits per heavy atom. The molecule has 3 N–H and O–H groups in total. The summed E-state index contributed by atoms with van der Waals surface area (Å²) in [7, 11) is 0. The third-order valence-corrected chi connectivity index (χ3v) is 4.12. The molecule has 2 atom stereocenters. The Labute approximate surface area is 111 Å². The van der Waals surface area contributed by atoms with Gasteiger partial charge < -0.3 is 10.6 Å². The number of H-pyrrole nitrogens is 1. The number of nitrogens with one attached hydrogen (secondary N) is 1. The molecule has 6 nitrogen and oxygen atoms in total. The number of nitrogen functional groups attached to an aromatic ring is 1. The fourth-order valence-corrected chi connectivity index (χ4v) is 3.11. The van der Waals surface area contributed by atoms with Crippen molar-refractivity contribution < 1.29 is 4.79 Å². The Bertz CT molecular complexity index is 411. The standard InChI is InChI=1S/C11H19N5OS/c1-7-4-3-5-8(2)16(7)9(17)6-18-11-13-10(12)14-15-11/h7-8H,3-6H2,1-2H3,(H3,12,13,14,15)/t7-,8+. The molecule has 0 spiro atoms. The molecule has 0 bridgehead atoms. The lowest BCUT2D eigenvalue weighted by Crippen LogP contribution is -2.48. The SMILES string of the molecule is C[C@@H]1CCC[C@H](C)N1C(=O)CSc1n[nH]c(N)n1. The number of aromatic nitrogens is 3. The quantitative estimate of drug-likeness (QED) is 0.807. The maximum Gasteiger partial charge on any atom is 0.233 e. The Morgan fingerprint density at radius 3 is 2.72 bits per heavy atom. The van der Waals surface area contributed by atoms with Crippen molar-refractivity contribution in [1.82, 2.24) is 20.1 Å². The van der Waals surface area contributed by atoms with Crippen molar-refractivity contribution in [1.29, 1.82) is 0 Å². The molecule has 1 aliphatic heterocycles. The van der Waals surface area contributed by atoms with Crippen LogP contribution < -0.4 is 5.73 Å². The minimum atomic E-state index is 0.156. The highest BCUT2D eigenvalue weighted by Crippen LogP contribution is 2.24. The molecule has 1 aromatic heterocycles. The molecule has 1 fully saturated rings. The van der Waals surface area contributed by atoms with Gasteiger partial charge in [-0.2, -0.15) is 4.98 Å². The average molecular weight is 269 g/mol. The summed E-state index contributed by atoms with van der Waals surface area (Å²) in [5.41, 5.74) is 5.43. The molecule has 1 aliphatic rings. The van der Waals surface area contributed by atoms with Crippen LogP contribution in [0.3, 0.4) is 0 Å². The molecule has 0 radical (unpaired) electrons. The third-order valence-electron chi connectivity index (χ3n) is 3.29. The molecule has 1 saturated heterocycles. The second-order valence-corrected chi connectivity index (χ2v) is 5.66. The van der Waals surface area contributed by atoms with Gasteiger partial charge in [-0.3, -0.25) is 4.79 Å². The highest BCUT2D eigenvalue weighted by atomic mass is 32.2. The van der Waals surface area contributed by atoms with E-state index in [1.54, 1.807) is 0 Å². The zero-order valence-electron chi connectivity index (χ0n) is 10.7.